The first-order chi connectivity index (χ1) is 10.7. The van der Waals surface area contributed by atoms with Crippen LogP contribution in [-0.2, 0) is 4.79 Å². The molecule has 1 N–H and O–H groups in total. The van der Waals surface area contributed by atoms with Gasteiger partial charge in [0, 0.05) is 4.88 Å². The van der Waals surface area contributed by atoms with E-state index in [1.165, 1.54) is 11.8 Å². The van der Waals surface area contributed by atoms with Crippen LogP contribution in [0.2, 0.25) is 0 Å². The van der Waals surface area contributed by atoms with E-state index in [4.69, 9.17) is 0 Å². The Morgan fingerprint density at radius 3 is 3.05 bits per heavy atom. The summed E-state index contributed by atoms with van der Waals surface area (Å²) in [7, 11) is 0. The van der Waals surface area contributed by atoms with Gasteiger partial charge in [-0.25, -0.2) is 10.4 Å². The molecule has 0 radical (unpaired) electrons. The molecule has 0 bridgehead atoms. The van der Waals surface area contributed by atoms with Gasteiger partial charge in [-0.2, -0.15) is 5.10 Å². The van der Waals surface area contributed by atoms with E-state index in [0.717, 1.165) is 25.0 Å². The van der Waals surface area contributed by atoms with Crippen LogP contribution in [0.1, 0.15) is 10.4 Å². The highest BCUT2D eigenvalue weighted by Gasteiger charge is 2.07. The van der Waals surface area contributed by atoms with E-state index in [2.05, 4.69) is 15.5 Å². The molecule has 0 aliphatic carbocycles. The number of hydrogen-bond acceptors (Lipinski definition) is 6. The summed E-state index contributed by atoms with van der Waals surface area (Å²) in [5, 5.41) is 5.99. The second kappa shape index (κ2) is 7.04. The van der Waals surface area contributed by atoms with E-state index >= 15 is 0 Å². The lowest BCUT2D eigenvalue weighted by atomic mass is 10.3. The summed E-state index contributed by atoms with van der Waals surface area (Å²) in [6, 6.07) is 9.98. The van der Waals surface area contributed by atoms with Crippen LogP contribution in [0.5, 0.6) is 0 Å². The Bertz CT molecular complexity index is 789. The average molecular weight is 347 g/mol. The highest BCUT2D eigenvalue weighted by Crippen LogP contribution is 2.28. The third-order valence-electron chi connectivity index (χ3n) is 2.87. The number of aromatic nitrogens is 1. The molecule has 3 rings (SSSR count). The van der Waals surface area contributed by atoms with Gasteiger partial charge in [0.25, 0.3) is 5.91 Å². The Kier molecular flexibility index (Phi) is 4.87. The van der Waals surface area contributed by atoms with Gasteiger partial charge in [-0.15, -0.1) is 22.7 Å². The van der Waals surface area contributed by atoms with E-state index in [-0.39, 0.29) is 5.91 Å². The van der Waals surface area contributed by atoms with E-state index in [1.54, 1.807) is 28.9 Å². The second-order valence-electron chi connectivity index (χ2n) is 4.50. The lowest BCUT2D eigenvalue weighted by Crippen LogP contribution is -2.19. The van der Waals surface area contributed by atoms with Gasteiger partial charge >= 0.3 is 0 Å². The number of thiophene rings is 1. The largest absolute Gasteiger partial charge is 0.272 e. The summed E-state index contributed by atoms with van der Waals surface area (Å²) in [6.07, 6.45) is 1.68. The smallest absolute Gasteiger partial charge is 0.250 e. The lowest BCUT2D eigenvalue weighted by molar-refractivity contribution is -0.118. The Morgan fingerprint density at radius 2 is 2.27 bits per heavy atom. The molecule has 0 aliphatic rings. The van der Waals surface area contributed by atoms with Crippen LogP contribution >= 0.6 is 34.4 Å². The topological polar surface area (TPSA) is 54.4 Å². The molecule has 0 saturated carbocycles. The number of nitrogens with one attached hydrogen (secondary N) is 1. The fraction of sp³-hybridized carbons (Fsp3) is 0.133. The van der Waals surface area contributed by atoms with Crippen LogP contribution in [0.4, 0.5) is 0 Å². The molecule has 3 aromatic rings. The number of benzene rings is 1. The number of fused-ring (bicyclic) bond motifs is 1. The van der Waals surface area contributed by atoms with Gasteiger partial charge in [-0.1, -0.05) is 23.9 Å². The van der Waals surface area contributed by atoms with Gasteiger partial charge in [0.1, 0.15) is 0 Å². The summed E-state index contributed by atoms with van der Waals surface area (Å²) < 4.78 is 2.03. The summed E-state index contributed by atoms with van der Waals surface area (Å²) in [4.78, 5) is 17.3. The van der Waals surface area contributed by atoms with E-state index in [0.29, 0.717) is 5.75 Å². The molecule has 0 fully saturated rings. The monoisotopic (exact) mass is 347 g/mol. The summed E-state index contributed by atoms with van der Waals surface area (Å²) in [5.41, 5.74) is 4.68. The quantitative estimate of drug-likeness (QED) is 0.432. The molecule has 0 atom stereocenters. The third-order valence-corrected chi connectivity index (χ3v) is 6.01. The Balaban J connectivity index is 1.52. The predicted molar refractivity (Wildman–Crippen MR) is 95.1 cm³/mol. The molecule has 1 amide bonds. The van der Waals surface area contributed by atoms with Gasteiger partial charge in [0.2, 0.25) is 0 Å². The van der Waals surface area contributed by atoms with Crippen LogP contribution in [0.3, 0.4) is 0 Å². The first-order valence-corrected chi connectivity index (χ1v) is 9.25. The van der Waals surface area contributed by atoms with Crippen molar-refractivity contribution in [2.75, 3.05) is 5.75 Å². The van der Waals surface area contributed by atoms with Crippen molar-refractivity contribution in [1.82, 2.24) is 10.4 Å². The lowest BCUT2D eigenvalue weighted by Gasteiger charge is -1.97. The SMILES string of the molecule is Cc1ccsc1C=NNC(=O)CSc1nc2ccccc2s1. The van der Waals surface area contributed by atoms with Crippen LogP contribution < -0.4 is 5.43 Å². The number of nitrogens with zero attached hydrogens (tertiary/aromatic N) is 2. The molecule has 0 spiro atoms. The second-order valence-corrected chi connectivity index (χ2v) is 7.70. The summed E-state index contributed by atoms with van der Waals surface area (Å²) in [6.45, 7) is 2.02. The average Bonchev–Trinajstić information content (AvgIpc) is 3.11. The minimum atomic E-state index is -0.130. The van der Waals surface area contributed by atoms with Gasteiger partial charge in [-0.05, 0) is 36.1 Å². The molecular formula is C15H13N3OS3. The van der Waals surface area contributed by atoms with Gasteiger partial charge in [0.15, 0.2) is 4.34 Å². The number of hydrazone groups is 1. The fourth-order valence-electron chi connectivity index (χ4n) is 1.75. The first-order valence-electron chi connectivity index (χ1n) is 6.57. The molecular weight excluding hydrogens is 334 g/mol. The van der Waals surface area contributed by atoms with E-state index in [1.807, 2.05) is 42.6 Å². The molecule has 2 heterocycles. The van der Waals surface area contributed by atoms with Crippen molar-refractivity contribution in [3.63, 3.8) is 0 Å². The molecule has 0 aliphatic heterocycles. The van der Waals surface area contributed by atoms with E-state index in [9.17, 15) is 4.79 Å². The summed E-state index contributed by atoms with van der Waals surface area (Å²) >= 11 is 4.63. The zero-order chi connectivity index (χ0) is 15.4. The minimum Gasteiger partial charge on any atom is -0.272 e. The van der Waals surface area contributed by atoms with E-state index < -0.39 is 0 Å². The molecule has 112 valence electrons. The molecule has 0 saturated heterocycles. The molecule has 7 heteroatoms. The summed E-state index contributed by atoms with van der Waals surface area (Å²) in [5.74, 6) is 0.176. The molecule has 0 unspecified atom stereocenters. The number of thioether (sulfide) groups is 1. The van der Waals surface area contributed by atoms with Crippen LogP contribution in [0, 0.1) is 6.92 Å². The highest BCUT2D eigenvalue weighted by atomic mass is 32.2. The molecule has 1 aromatic carbocycles. The molecule has 4 nitrogen and oxygen atoms in total. The zero-order valence-corrected chi connectivity index (χ0v) is 14.2. The van der Waals surface area contributed by atoms with Gasteiger partial charge in [0.05, 0.1) is 22.2 Å². The molecule has 2 aromatic heterocycles. The number of hydrogen-bond donors (Lipinski definition) is 1. The van der Waals surface area contributed by atoms with Crippen molar-refractivity contribution in [1.29, 1.82) is 0 Å². The highest BCUT2D eigenvalue weighted by molar-refractivity contribution is 8.01. The zero-order valence-electron chi connectivity index (χ0n) is 11.8. The van der Waals surface area contributed by atoms with Crippen molar-refractivity contribution in [2.24, 2.45) is 5.10 Å². The Hall–Kier alpha value is -1.70. The Morgan fingerprint density at radius 1 is 1.41 bits per heavy atom. The van der Waals surface area contributed by atoms with Crippen LogP contribution in [0.25, 0.3) is 10.2 Å². The number of rotatable bonds is 5. The number of thiazole rings is 1. The van der Waals surface area contributed by atoms with Crippen LogP contribution in [-0.4, -0.2) is 22.9 Å². The number of carbonyl (C=O) groups excluding carboxylic acids is 1. The standard InChI is InChI=1S/C15H13N3OS3/c1-10-6-7-20-13(10)8-16-18-14(19)9-21-15-17-11-4-2-3-5-12(11)22-15/h2-8H,9H2,1H3,(H,18,19). The third kappa shape index (κ3) is 3.73. The van der Waals surface area contributed by atoms with Crippen molar-refractivity contribution in [3.05, 3.63) is 46.2 Å². The van der Waals surface area contributed by atoms with Crippen LogP contribution in [0.15, 0.2) is 45.2 Å². The van der Waals surface area contributed by atoms with Crippen molar-refractivity contribution >= 4 is 56.8 Å². The van der Waals surface area contributed by atoms with Gasteiger partial charge in [-0.3, -0.25) is 4.79 Å². The maximum Gasteiger partial charge on any atom is 0.250 e. The van der Waals surface area contributed by atoms with Crippen molar-refractivity contribution in [2.45, 2.75) is 11.3 Å². The Labute approximate surface area is 140 Å². The number of amides is 1. The maximum atomic E-state index is 11.8. The number of aryl methyl sites for hydroxylation is 1. The maximum absolute atomic E-state index is 11.8. The minimum absolute atomic E-state index is 0.130. The fourth-order valence-corrected chi connectivity index (χ4v) is 4.40. The first kappa shape index (κ1) is 15.2. The van der Waals surface area contributed by atoms with Crippen molar-refractivity contribution in [3.8, 4) is 0 Å². The molecule has 22 heavy (non-hydrogen) atoms. The number of para-hydroxylation sites is 1. The normalized spacial score (nSPS) is 11.3. The predicted octanol–water partition coefficient (Wildman–Crippen LogP) is 3.91. The van der Waals surface area contributed by atoms with Gasteiger partial charge < -0.3 is 0 Å². The van der Waals surface area contributed by atoms with Crippen molar-refractivity contribution < 1.29 is 4.79 Å². The number of carbonyl (C=O) groups is 1.